The molecule has 138 valence electrons. The number of anilines is 2. The Morgan fingerprint density at radius 3 is 2.25 bits per heavy atom. The van der Waals surface area contributed by atoms with Crippen LogP contribution in [0.5, 0.6) is 0 Å². The Morgan fingerprint density at radius 1 is 0.821 bits per heavy atom. The summed E-state index contributed by atoms with van der Waals surface area (Å²) in [5.41, 5.74) is 2.75. The van der Waals surface area contributed by atoms with Crippen molar-refractivity contribution in [3.8, 4) is 0 Å². The number of hydrogen-bond donors (Lipinski definition) is 1. The van der Waals surface area contributed by atoms with Crippen molar-refractivity contribution < 1.29 is 14.0 Å². The minimum Gasteiger partial charge on any atom is -0.350 e. The number of para-hydroxylation sites is 1. The van der Waals surface area contributed by atoms with Crippen LogP contribution < -0.4 is 10.2 Å². The molecule has 0 saturated heterocycles. The van der Waals surface area contributed by atoms with Crippen LogP contribution in [0.4, 0.5) is 15.8 Å². The van der Waals surface area contributed by atoms with Crippen molar-refractivity contribution in [3.63, 3.8) is 0 Å². The molecule has 5 heteroatoms. The monoisotopic (exact) mass is 372 g/mol. The summed E-state index contributed by atoms with van der Waals surface area (Å²) < 4.78 is 13.6. The van der Waals surface area contributed by atoms with Gasteiger partial charge in [-0.25, -0.2) is 9.29 Å². The van der Waals surface area contributed by atoms with Crippen molar-refractivity contribution in [2.24, 2.45) is 0 Å². The number of rotatable bonds is 4. The first-order valence-electron chi connectivity index (χ1n) is 8.83. The fourth-order valence-electron chi connectivity index (χ4n) is 3.26. The van der Waals surface area contributed by atoms with Crippen molar-refractivity contribution in [1.29, 1.82) is 0 Å². The molecular formula is C23H17FN2O2. The summed E-state index contributed by atoms with van der Waals surface area (Å²) in [6.45, 7) is 1.84. The molecule has 28 heavy (non-hydrogen) atoms. The van der Waals surface area contributed by atoms with E-state index in [2.05, 4.69) is 5.32 Å². The van der Waals surface area contributed by atoms with E-state index in [9.17, 15) is 14.0 Å². The van der Waals surface area contributed by atoms with Crippen molar-refractivity contribution in [2.45, 2.75) is 6.92 Å². The average molecular weight is 372 g/mol. The second kappa shape index (κ2) is 7.12. The molecule has 4 nitrogen and oxygen atoms in total. The topological polar surface area (TPSA) is 49.4 Å². The van der Waals surface area contributed by atoms with Crippen LogP contribution in [-0.4, -0.2) is 11.8 Å². The third kappa shape index (κ3) is 3.07. The van der Waals surface area contributed by atoms with Gasteiger partial charge in [0, 0.05) is 5.69 Å². The molecule has 2 amide bonds. The maximum absolute atomic E-state index is 13.6. The van der Waals surface area contributed by atoms with E-state index in [1.807, 2.05) is 25.1 Å². The normalized spacial score (nSPS) is 14.0. The van der Waals surface area contributed by atoms with Gasteiger partial charge in [-0.2, -0.15) is 0 Å². The third-order valence-corrected chi connectivity index (χ3v) is 4.60. The number of hydrogen-bond acceptors (Lipinski definition) is 3. The Labute approximate surface area is 161 Å². The molecule has 0 aromatic heterocycles. The molecule has 0 aliphatic carbocycles. The molecular weight excluding hydrogens is 355 g/mol. The molecule has 0 bridgehead atoms. The molecule has 0 radical (unpaired) electrons. The molecule has 0 spiro atoms. The van der Waals surface area contributed by atoms with Gasteiger partial charge >= 0.3 is 0 Å². The highest BCUT2D eigenvalue weighted by atomic mass is 19.1. The molecule has 1 heterocycles. The lowest BCUT2D eigenvalue weighted by Gasteiger charge is -2.17. The quantitative estimate of drug-likeness (QED) is 0.685. The lowest BCUT2D eigenvalue weighted by Crippen LogP contribution is -2.33. The number of nitrogens with zero attached hydrogens (tertiary/aromatic N) is 1. The molecule has 0 saturated carbocycles. The number of benzene rings is 3. The molecule has 1 N–H and O–H groups in total. The van der Waals surface area contributed by atoms with E-state index in [4.69, 9.17) is 0 Å². The van der Waals surface area contributed by atoms with Crippen molar-refractivity contribution >= 4 is 28.8 Å². The molecule has 0 fully saturated rings. The van der Waals surface area contributed by atoms with E-state index in [0.717, 1.165) is 5.56 Å². The van der Waals surface area contributed by atoms with Gasteiger partial charge in [-0.3, -0.25) is 9.59 Å². The maximum Gasteiger partial charge on any atom is 0.282 e. The predicted molar refractivity (Wildman–Crippen MR) is 107 cm³/mol. The van der Waals surface area contributed by atoms with Crippen molar-refractivity contribution in [1.82, 2.24) is 0 Å². The SMILES string of the molecule is Cc1ccccc1N1C(=O)C(Nc2cccc(F)c2)=C(c2ccccc2)C1=O. The van der Waals surface area contributed by atoms with Crippen LogP contribution in [0.25, 0.3) is 5.57 Å². The first-order valence-corrected chi connectivity index (χ1v) is 8.83. The van der Waals surface area contributed by atoms with E-state index in [1.165, 1.54) is 17.0 Å². The van der Waals surface area contributed by atoms with Crippen LogP contribution >= 0.6 is 0 Å². The standard InChI is InChI=1S/C23H17FN2O2/c1-15-8-5-6-13-19(15)26-22(27)20(16-9-3-2-4-10-16)21(23(26)28)25-18-12-7-11-17(24)14-18/h2-14,25H,1H3. The number of carbonyl (C=O) groups is 2. The number of halogens is 1. The Balaban J connectivity index is 1.84. The van der Waals surface area contributed by atoms with Gasteiger partial charge in [-0.1, -0.05) is 54.6 Å². The van der Waals surface area contributed by atoms with E-state index in [1.54, 1.807) is 48.5 Å². The Bertz CT molecular complexity index is 1110. The van der Waals surface area contributed by atoms with E-state index in [0.29, 0.717) is 16.9 Å². The number of imide groups is 1. The van der Waals surface area contributed by atoms with Gasteiger partial charge < -0.3 is 5.32 Å². The lowest BCUT2D eigenvalue weighted by molar-refractivity contribution is -0.120. The lowest BCUT2D eigenvalue weighted by atomic mass is 10.0. The van der Waals surface area contributed by atoms with E-state index < -0.39 is 17.6 Å². The third-order valence-electron chi connectivity index (χ3n) is 4.60. The summed E-state index contributed by atoms with van der Waals surface area (Å²) in [5.74, 6) is -1.31. The van der Waals surface area contributed by atoms with Crippen LogP contribution in [0.2, 0.25) is 0 Å². The number of nitrogens with one attached hydrogen (secondary N) is 1. The van der Waals surface area contributed by atoms with Crippen LogP contribution in [0.1, 0.15) is 11.1 Å². The summed E-state index contributed by atoms with van der Waals surface area (Å²) in [5, 5.41) is 2.96. The smallest absolute Gasteiger partial charge is 0.282 e. The van der Waals surface area contributed by atoms with Crippen LogP contribution in [0, 0.1) is 12.7 Å². The minimum atomic E-state index is -0.470. The summed E-state index contributed by atoms with van der Waals surface area (Å²) in [4.78, 5) is 27.7. The van der Waals surface area contributed by atoms with Gasteiger partial charge in [0.05, 0.1) is 11.3 Å². The zero-order valence-electron chi connectivity index (χ0n) is 15.1. The highest BCUT2D eigenvalue weighted by Gasteiger charge is 2.40. The first-order chi connectivity index (χ1) is 13.6. The fourth-order valence-corrected chi connectivity index (χ4v) is 3.26. The number of aryl methyl sites for hydroxylation is 1. The van der Waals surface area contributed by atoms with Gasteiger partial charge in [0.2, 0.25) is 0 Å². The Morgan fingerprint density at radius 2 is 1.54 bits per heavy atom. The molecule has 1 aliphatic heterocycles. The van der Waals surface area contributed by atoms with Gasteiger partial charge in [-0.15, -0.1) is 0 Å². The van der Waals surface area contributed by atoms with E-state index in [-0.39, 0.29) is 11.3 Å². The number of amides is 2. The Hall–Kier alpha value is -3.73. The van der Waals surface area contributed by atoms with Gasteiger partial charge in [0.1, 0.15) is 11.5 Å². The highest BCUT2D eigenvalue weighted by Crippen LogP contribution is 2.34. The molecule has 4 rings (SSSR count). The van der Waals surface area contributed by atoms with Crippen molar-refractivity contribution in [2.75, 3.05) is 10.2 Å². The second-order valence-corrected chi connectivity index (χ2v) is 6.48. The van der Waals surface area contributed by atoms with Crippen LogP contribution in [0.3, 0.4) is 0 Å². The Kier molecular flexibility index (Phi) is 4.49. The fraction of sp³-hybridized carbons (Fsp3) is 0.0435. The summed E-state index contributed by atoms with van der Waals surface area (Å²) in [6.07, 6.45) is 0. The second-order valence-electron chi connectivity index (χ2n) is 6.48. The maximum atomic E-state index is 13.6. The van der Waals surface area contributed by atoms with Gasteiger partial charge in [-0.05, 0) is 42.3 Å². The molecule has 3 aromatic rings. The summed E-state index contributed by atoms with van der Waals surface area (Å²) in [6, 6.07) is 22.0. The van der Waals surface area contributed by atoms with E-state index >= 15 is 0 Å². The zero-order valence-corrected chi connectivity index (χ0v) is 15.1. The zero-order chi connectivity index (χ0) is 19.7. The van der Waals surface area contributed by atoms with Gasteiger partial charge in [0.15, 0.2) is 0 Å². The summed E-state index contributed by atoms with van der Waals surface area (Å²) in [7, 11) is 0. The summed E-state index contributed by atoms with van der Waals surface area (Å²) >= 11 is 0. The number of carbonyl (C=O) groups excluding carboxylic acids is 2. The highest BCUT2D eigenvalue weighted by molar-refractivity contribution is 6.46. The molecule has 1 aliphatic rings. The van der Waals surface area contributed by atoms with Gasteiger partial charge in [0.25, 0.3) is 11.8 Å². The largest absolute Gasteiger partial charge is 0.350 e. The molecule has 0 atom stereocenters. The van der Waals surface area contributed by atoms with Crippen LogP contribution in [-0.2, 0) is 9.59 Å². The molecule has 3 aromatic carbocycles. The average Bonchev–Trinajstić information content (AvgIpc) is 2.93. The molecule has 0 unspecified atom stereocenters. The first kappa shape index (κ1) is 17.7. The van der Waals surface area contributed by atoms with Crippen LogP contribution in [0.15, 0.2) is 84.6 Å². The van der Waals surface area contributed by atoms with Crippen molar-refractivity contribution in [3.05, 3.63) is 102 Å². The predicted octanol–water partition coefficient (Wildman–Crippen LogP) is 4.53. The minimum absolute atomic E-state index is 0.130.